The molecule has 4 aromatic rings. The fraction of sp³-hybridized carbons (Fsp3) is 0.235. The number of nitrogens with one attached hydrogen (secondary N) is 1. The maximum absolute atomic E-state index is 13.6. The Kier molecular flexibility index (Phi) is 9.44. The second-order valence-electron chi connectivity index (χ2n) is 10.4. The molecule has 0 spiro atoms. The maximum atomic E-state index is 13.6. The Labute approximate surface area is 254 Å². The SMILES string of the molecule is COc1cc(CC(=O)NN(c2ccc(Cc3ccccc3)cc2)c2ccccc2N2CCCCC2)c(Br)cc1C(=O)O. The van der Waals surface area contributed by atoms with Gasteiger partial charge in [-0.25, -0.2) is 4.79 Å². The highest BCUT2D eigenvalue weighted by Gasteiger charge is 2.22. The molecule has 0 saturated carbocycles. The summed E-state index contributed by atoms with van der Waals surface area (Å²) in [6, 6.07) is 29.8. The van der Waals surface area contributed by atoms with Gasteiger partial charge in [-0.05, 0) is 78.8 Å². The average Bonchev–Trinajstić information content (AvgIpc) is 3.02. The molecule has 4 aromatic carbocycles. The van der Waals surface area contributed by atoms with E-state index in [2.05, 4.69) is 56.6 Å². The summed E-state index contributed by atoms with van der Waals surface area (Å²) >= 11 is 3.44. The van der Waals surface area contributed by atoms with Crippen LogP contribution in [0.3, 0.4) is 0 Å². The molecule has 1 aliphatic heterocycles. The number of rotatable bonds is 10. The highest BCUT2D eigenvalue weighted by Crippen LogP contribution is 2.35. The zero-order valence-corrected chi connectivity index (χ0v) is 25.1. The molecule has 216 valence electrons. The number of anilines is 3. The van der Waals surface area contributed by atoms with E-state index in [1.165, 1.54) is 30.7 Å². The molecule has 1 saturated heterocycles. The number of carbonyl (C=O) groups excluding carboxylic acids is 1. The van der Waals surface area contributed by atoms with Crippen molar-refractivity contribution in [1.82, 2.24) is 5.43 Å². The Morgan fingerprint density at radius 3 is 2.26 bits per heavy atom. The summed E-state index contributed by atoms with van der Waals surface area (Å²) in [6.45, 7) is 1.94. The molecule has 0 radical (unpaired) electrons. The van der Waals surface area contributed by atoms with E-state index in [9.17, 15) is 14.7 Å². The average molecular weight is 629 g/mol. The number of halogens is 1. The maximum Gasteiger partial charge on any atom is 0.339 e. The van der Waals surface area contributed by atoms with Crippen LogP contribution in [0.1, 0.15) is 46.3 Å². The number of methoxy groups -OCH3 is 1. The van der Waals surface area contributed by atoms with Crippen LogP contribution in [-0.2, 0) is 17.6 Å². The van der Waals surface area contributed by atoms with Crippen molar-refractivity contribution in [3.05, 3.63) is 118 Å². The zero-order chi connectivity index (χ0) is 29.5. The van der Waals surface area contributed by atoms with Crippen LogP contribution >= 0.6 is 15.9 Å². The fourth-order valence-electron chi connectivity index (χ4n) is 5.32. The molecule has 8 heteroatoms. The summed E-state index contributed by atoms with van der Waals surface area (Å²) in [7, 11) is 1.42. The van der Waals surface area contributed by atoms with Crippen molar-refractivity contribution in [3.63, 3.8) is 0 Å². The predicted octanol–water partition coefficient (Wildman–Crippen LogP) is 7.15. The molecule has 0 bridgehead atoms. The number of benzene rings is 4. The minimum atomic E-state index is -1.10. The number of hydrogen-bond donors (Lipinski definition) is 2. The number of para-hydroxylation sites is 2. The summed E-state index contributed by atoms with van der Waals surface area (Å²) in [4.78, 5) is 27.6. The quantitative estimate of drug-likeness (QED) is 0.182. The van der Waals surface area contributed by atoms with Gasteiger partial charge in [0.05, 0.1) is 30.6 Å². The zero-order valence-electron chi connectivity index (χ0n) is 23.6. The van der Waals surface area contributed by atoms with Crippen molar-refractivity contribution in [1.29, 1.82) is 0 Å². The number of hydrogen-bond acceptors (Lipinski definition) is 5. The lowest BCUT2D eigenvalue weighted by Crippen LogP contribution is -2.41. The van der Waals surface area contributed by atoms with Crippen molar-refractivity contribution in [2.45, 2.75) is 32.1 Å². The number of carboxylic acids is 1. The smallest absolute Gasteiger partial charge is 0.339 e. The number of hydrazine groups is 1. The first kappa shape index (κ1) is 29.2. The van der Waals surface area contributed by atoms with Gasteiger partial charge in [-0.3, -0.25) is 15.2 Å². The van der Waals surface area contributed by atoms with E-state index in [1.54, 1.807) is 6.07 Å². The number of nitrogens with zero attached hydrogens (tertiary/aromatic N) is 2. The third-order valence-corrected chi connectivity index (χ3v) is 8.19. The van der Waals surface area contributed by atoms with Crippen molar-refractivity contribution in [2.24, 2.45) is 0 Å². The van der Waals surface area contributed by atoms with Gasteiger partial charge in [0.15, 0.2) is 0 Å². The molecular formula is C34H34BrN3O4. The Balaban J connectivity index is 1.45. The van der Waals surface area contributed by atoms with E-state index >= 15 is 0 Å². The van der Waals surface area contributed by atoms with Gasteiger partial charge in [0, 0.05) is 17.6 Å². The van der Waals surface area contributed by atoms with Crippen molar-refractivity contribution in [3.8, 4) is 5.75 Å². The van der Waals surface area contributed by atoms with E-state index in [0.29, 0.717) is 10.0 Å². The van der Waals surface area contributed by atoms with E-state index in [0.717, 1.165) is 49.4 Å². The molecule has 1 fully saturated rings. The van der Waals surface area contributed by atoms with Crippen LogP contribution in [-0.4, -0.2) is 37.2 Å². The third-order valence-electron chi connectivity index (χ3n) is 7.45. The van der Waals surface area contributed by atoms with E-state index in [1.807, 2.05) is 53.5 Å². The number of carbonyl (C=O) groups is 2. The molecule has 0 unspecified atom stereocenters. The van der Waals surface area contributed by atoms with E-state index in [4.69, 9.17) is 4.74 Å². The van der Waals surface area contributed by atoms with Crippen LogP contribution in [0.25, 0.3) is 0 Å². The molecular weight excluding hydrogens is 594 g/mol. The van der Waals surface area contributed by atoms with Crippen LogP contribution < -0.4 is 20.1 Å². The number of amides is 1. The molecule has 42 heavy (non-hydrogen) atoms. The first-order valence-corrected chi connectivity index (χ1v) is 14.9. The lowest BCUT2D eigenvalue weighted by Gasteiger charge is -2.34. The molecule has 7 nitrogen and oxygen atoms in total. The van der Waals surface area contributed by atoms with Crippen molar-refractivity contribution < 1.29 is 19.4 Å². The summed E-state index contributed by atoms with van der Waals surface area (Å²) in [5.74, 6) is -1.14. The van der Waals surface area contributed by atoms with Crippen LogP contribution in [0.2, 0.25) is 0 Å². The standard InChI is InChI=1S/C34H34BrN3O4/c1-42-32-21-26(29(35)23-28(32)34(40)41)22-33(39)36-38(31-13-7-6-12-30(31)37-18-8-3-9-19-37)27-16-14-25(15-17-27)20-24-10-4-2-5-11-24/h2,4-7,10-17,21,23H,3,8-9,18-20,22H2,1H3,(H,36,39)(H,40,41). The summed E-state index contributed by atoms with van der Waals surface area (Å²) < 4.78 is 5.82. The first-order chi connectivity index (χ1) is 20.4. The van der Waals surface area contributed by atoms with Gasteiger partial charge < -0.3 is 14.7 Å². The molecule has 5 rings (SSSR count). The van der Waals surface area contributed by atoms with Gasteiger partial charge >= 0.3 is 5.97 Å². The lowest BCUT2D eigenvalue weighted by atomic mass is 10.0. The van der Waals surface area contributed by atoms with Gasteiger partial charge in [0.1, 0.15) is 11.3 Å². The van der Waals surface area contributed by atoms with E-state index in [-0.39, 0.29) is 23.6 Å². The second kappa shape index (κ2) is 13.6. The fourth-order valence-corrected chi connectivity index (χ4v) is 5.80. The minimum absolute atomic E-state index is 0.0192. The lowest BCUT2D eigenvalue weighted by molar-refractivity contribution is -0.120. The monoisotopic (exact) mass is 627 g/mol. The molecule has 2 N–H and O–H groups in total. The Hall–Kier alpha value is -4.30. The number of aromatic carboxylic acids is 1. The van der Waals surface area contributed by atoms with Crippen LogP contribution in [0.15, 0.2) is 95.5 Å². The Morgan fingerprint density at radius 2 is 1.57 bits per heavy atom. The largest absolute Gasteiger partial charge is 0.496 e. The normalized spacial score (nSPS) is 13.0. The molecule has 0 aromatic heterocycles. The van der Waals surface area contributed by atoms with Crippen LogP contribution in [0.4, 0.5) is 17.1 Å². The van der Waals surface area contributed by atoms with Gasteiger partial charge in [-0.2, -0.15) is 0 Å². The Morgan fingerprint density at radius 1 is 0.905 bits per heavy atom. The predicted molar refractivity (Wildman–Crippen MR) is 170 cm³/mol. The van der Waals surface area contributed by atoms with Gasteiger partial charge in [-0.1, -0.05) is 70.5 Å². The van der Waals surface area contributed by atoms with Crippen LogP contribution in [0.5, 0.6) is 5.75 Å². The summed E-state index contributed by atoms with van der Waals surface area (Å²) in [6.07, 6.45) is 4.33. The third kappa shape index (κ3) is 6.94. The van der Waals surface area contributed by atoms with Gasteiger partial charge in [0.25, 0.3) is 0 Å². The molecule has 1 aliphatic rings. The second-order valence-corrected chi connectivity index (χ2v) is 11.2. The van der Waals surface area contributed by atoms with Gasteiger partial charge in [-0.15, -0.1) is 0 Å². The number of ether oxygens (including phenoxy) is 1. The van der Waals surface area contributed by atoms with Crippen LogP contribution in [0, 0.1) is 0 Å². The van der Waals surface area contributed by atoms with Crippen molar-refractivity contribution >= 4 is 44.9 Å². The molecule has 1 heterocycles. The molecule has 0 atom stereocenters. The summed E-state index contributed by atoms with van der Waals surface area (Å²) in [5, 5.41) is 11.4. The van der Waals surface area contributed by atoms with E-state index < -0.39 is 5.97 Å². The number of carboxylic acid groups (broad SMARTS) is 1. The highest BCUT2D eigenvalue weighted by atomic mass is 79.9. The molecule has 0 aliphatic carbocycles. The van der Waals surface area contributed by atoms with Gasteiger partial charge in [0.2, 0.25) is 5.91 Å². The highest BCUT2D eigenvalue weighted by molar-refractivity contribution is 9.10. The minimum Gasteiger partial charge on any atom is -0.496 e. The topological polar surface area (TPSA) is 82.1 Å². The van der Waals surface area contributed by atoms with Crippen molar-refractivity contribution in [2.75, 3.05) is 30.1 Å². The number of piperidine rings is 1. The molecule has 1 amide bonds. The first-order valence-electron chi connectivity index (χ1n) is 14.1. The Bertz CT molecular complexity index is 1540. The summed E-state index contributed by atoms with van der Waals surface area (Å²) in [5.41, 5.74) is 9.00.